The van der Waals surface area contributed by atoms with E-state index in [-0.39, 0.29) is 5.91 Å². The molecule has 1 aromatic rings. The Kier molecular flexibility index (Phi) is 3.29. The molecule has 0 radical (unpaired) electrons. The van der Waals surface area contributed by atoms with Crippen molar-refractivity contribution in [2.24, 2.45) is 5.73 Å². The summed E-state index contributed by atoms with van der Waals surface area (Å²) in [5.74, 6) is -0.375. The van der Waals surface area contributed by atoms with Gasteiger partial charge in [0.25, 0.3) is 0 Å². The molecule has 0 aliphatic carbocycles. The van der Waals surface area contributed by atoms with Crippen LogP contribution in [0, 0.1) is 0 Å². The first-order valence-electron chi connectivity index (χ1n) is 4.40. The zero-order chi connectivity index (χ0) is 10.6. The summed E-state index contributed by atoms with van der Waals surface area (Å²) in [4.78, 5) is 10.7. The first-order chi connectivity index (χ1) is 6.59. The third-order valence-corrected chi connectivity index (χ3v) is 2.01. The summed E-state index contributed by atoms with van der Waals surface area (Å²) in [7, 11) is 0. The van der Waals surface area contributed by atoms with Crippen LogP contribution < -0.4 is 11.5 Å². The van der Waals surface area contributed by atoms with Gasteiger partial charge < -0.3 is 11.5 Å². The number of hydrogen-bond acceptors (Lipinski definition) is 2. The first-order valence-corrected chi connectivity index (χ1v) is 4.40. The fourth-order valence-corrected chi connectivity index (χ4v) is 1.03. The van der Waals surface area contributed by atoms with Gasteiger partial charge in [0.15, 0.2) is 0 Å². The monoisotopic (exact) mass is 190 g/mol. The molecule has 0 fully saturated rings. The van der Waals surface area contributed by atoms with Crippen molar-refractivity contribution in [3.8, 4) is 0 Å². The summed E-state index contributed by atoms with van der Waals surface area (Å²) >= 11 is 0. The Bertz CT molecular complexity index is 352. The first kappa shape index (κ1) is 10.3. The number of rotatable bonds is 3. The number of carbonyl (C=O) groups is 1. The molecule has 0 aromatic heterocycles. The van der Waals surface area contributed by atoms with E-state index in [1.165, 1.54) is 0 Å². The largest absolute Gasteiger partial charge is 0.399 e. The van der Waals surface area contributed by atoms with E-state index in [9.17, 15) is 4.79 Å². The molecule has 4 N–H and O–H groups in total. The lowest BCUT2D eigenvalue weighted by Crippen LogP contribution is -2.11. The molecule has 0 heterocycles. The van der Waals surface area contributed by atoms with Gasteiger partial charge in [-0.05, 0) is 31.0 Å². The lowest BCUT2D eigenvalue weighted by atomic mass is 10.1. The molecule has 1 amide bonds. The van der Waals surface area contributed by atoms with Crippen molar-refractivity contribution >= 4 is 11.6 Å². The van der Waals surface area contributed by atoms with E-state index < -0.39 is 0 Å². The number of nitrogen functional groups attached to an aromatic ring is 1. The standard InChI is InChI=1S/C11H14N2O/c1-8(11(13)14)2-3-9-4-6-10(12)7-5-9/h2,4-7H,3,12H2,1H3,(H2,13,14)/b8-2+. The van der Waals surface area contributed by atoms with Gasteiger partial charge in [-0.1, -0.05) is 18.2 Å². The van der Waals surface area contributed by atoms with Gasteiger partial charge in [-0.3, -0.25) is 4.79 Å². The molecule has 0 aliphatic heterocycles. The highest BCUT2D eigenvalue weighted by atomic mass is 16.1. The zero-order valence-electron chi connectivity index (χ0n) is 8.16. The van der Waals surface area contributed by atoms with Crippen LogP contribution in [0.4, 0.5) is 5.69 Å². The highest BCUT2D eigenvalue weighted by molar-refractivity contribution is 5.91. The number of nitrogens with two attached hydrogens (primary N) is 2. The Morgan fingerprint density at radius 2 is 1.93 bits per heavy atom. The number of anilines is 1. The van der Waals surface area contributed by atoms with Crippen molar-refractivity contribution < 1.29 is 4.79 Å². The van der Waals surface area contributed by atoms with Crippen LogP contribution in [0.1, 0.15) is 12.5 Å². The third kappa shape index (κ3) is 2.94. The number of allylic oxidation sites excluding steroid dienone is 1. The Balaban J connectivity index is 2.66. The smallest absolute Gasteiger partial charge is 0.244 e. The van der Waals surface area contributed by atoms with E-state index in [4.69, 9.17) is 11.5 Å². The third-order valence-electron chi connectivity index (χ3n) is 2.01. The Hall–Kier alpha value is -1.77. The van der Waals surface area contributed by atoms with Gasteiger partial charge in [0, 0.05) is 11.3 Å². The maximum Gasteiger partial charge on any atom is 0.244 e. The van der Waals surface area contributed by atoms with Crippen molar-refractivity contribution in [1.29, 1.82) is 0 Å². The molecule has 0 aliphatic rings. The number of amides is 1. The quantitative estimate of drug-likeness (QED) is 0.556. The maximum atomic E-state index is 10.7. The fourth-order valence-electron chi connectivity index (χ4n) is 1.03. The van der Waals surface area contributed by atoms with Gasteiger partial charge in [0.1, 0.15) is 0 Å². The summed E-state index contributed by atoms with van der Waals surface area (Å²) < 4.78 is 0. The topological polar surface area (TPSA) is 69.1 Å². The van der Waals surface area contributed by atoms with Gasteiger partial charge in [-0.25, -0.2) is 0 Å². The van der Waals surface area contributed by atoms with E-state index >= 15 is 0 Å². The van der Waals surface area contributed by atoms with Gasteiger partial charge in [-0.2, -0.15) is 0 Å². The molecule has 0 saturated carbocycles. The van der Waals surface area contributed by atoms with Crippen molar-refractivity contribution in [2.45, 2.75) is 13.3 Å². The van der Waals surface area contributed by atoms with Crippen molar-refractivity contribution in [1.82, 2.24) is 0 Å². The molecular weight excluding hydrogens is 176 g/mol. The zero-order valence-corrected chi connectivity index (χ0v) is 8.16. The average molecular weight is 190 g/mol. The van der Waals surface area contributed by atoms with Crippen LogP contribution in [0.2, 0.25) is 0 Å². The Labute approximate surface area is 83.4 Å². The Morgan fingerprint density at radius 1 is 1.36 bits per heavy atom. The van der Waals surface area contributed by atoms with Crippen LogP contribution in [0.15, 0.2) is 35.9 Å². The number of primary amides is 1. The number of carbonyl (C=O) groups excluding carboxylic acids is 1. The van der Waals surface area contributed by atoms with E-state index in [1.54, 1.807) is 6.92 Å². The number of hydrogen-bond donors (Lipinski definition) is 2. The van der Waals surface area contributed by atoms with E-state index in [0.29, 0.717) is 12.0 Å². The fraction of sp³-hybridized carbons (Fsp3) is 0.182. The predicted molar refractivity (Wildman–Crippen MR) is 57.5 cm³/mol. The molecule has 3 nitrogen and oxygen atoms in total. The normalized spacial score (nSPS) is 11.4. The minimum absolute atomic E-state index is 0.375. The van der Waals surface area contributed by atoms with Crippen molar-refractivity contribution in [2.75, 3.05) is 5.73 Å². The van der Waals surface area contributed by atoms with Crippen molar-refractivity contribution in [3.05, 3.63) is 41.5 Å². The molecule has 1 rings (SSSR count). The van der Waals surface area contributed by atoms with Crippen molar-refractivity contribution in [3.63, 3.8) is 0 Å². The minimum Gasteiger partial charge on any atom is -0.399 e. The van der Waals surface area contributed by atoms with Gasteiger partial charge >= 0.3 is 0 Å². The second kappa shape index (κ2) is 4.46. The van der Waals surface area contributed by atoms with Crippen LogP contribution in [0.3, 0.4) is 0 Å². The molecule has 0 atom stereocenters. The lowest BCUT2D eigenvalue weighted by Gasteiger charge is -1.98. The molecule has 0 bridgehead atoms. The second-order valence-corrected chi connectivity index (χ2v) is 3.20. The van der Waals surface area contributed by atoms with Gasteiger partial charge in [0.05, 0.1) is 0 Å². The average Bonchev–Trinajstić information content (AvgIpc) is 2.16. The highest BCUT2D eigenvalue weighted by Gasteiger charge is 1.96. The predicted octanol–water partition coefficient (Wildman–Crippen LogP) is 1.24. The van der Waals surface area contributed by atoms with Crippen LogP contribution in [0.5, 0.6) is 0 Å². The molecular formula is C11H14N2O. The van der Waals surface area contributed by atoms with Gasteiger partial charge in [0.2, 0.25) is 5.91 Å². The van der Waals surface area contributed by atoms with Crippen LogP contribution in [-0.2, 0) is 11.2 Å². The summed E-state index contributed by atoms with van der Waals surface area (Å²) in [5, 5.41) is 0. The van der Waals surface area contributed by atoms with Crippen LogP contribution in [-0.4, -0.2) is 5.91 Å². The summed E-state index contributed by atoms with van der Waals surface area (Å²) in [6, 6.07) is 7.53. The SMILES string of the molecule is C/C(=C\Cc1ccc(N)cc1)C(N)=O. The highest BCUT2D eigenvalue weighted by Crippen LogP contribution is 2.07. The van der Waals surface area contributed by atoms with Gasteiger partial charge in [-0.15, -0.1) is 0 Å². The number of benzene rings is 1. The van der Waals surface area contributed by atoms with E-state index in [2.05, 4.69) is 0 Å². The lowest BCUT2D eigenvalue weighted by molar-refractivity contribution is -0.114. The molecule has 0 spiro atoms. The van der Waals surface area contributed by atoms with Crippen LogP contribution >= 0.6 is 0 Å². The van der Waals surface area contributed by atoms with E-state index in [1.807, 2.05) is 30.3 Å². The molecule has 0 saturated heterocycles. The summed E-state index contributed by atoms with van der Waals surface area (Å²) in [6.45, 7) is 1.71. The Morgan fingerprint density at radius 3 is 2.43 bits per heavy atom. The maximum absolute atomic E-state index is 10.7. The molecule has 14 heavy (non-hydrogen) atoms. The molecule has 3 heteroatoms. The molecule has 74 valence electrons. The molecule has 1 aromatic carbocycles. The minimum atomic E-state index is -0.375. The summed E-state index contributed by atoms with van der Waals surface area (Å²) in [6.07, 6.45) is 2.52. The summed E-state index contributed by atoms with van der Waals surface area (Å²) in [5.41, 5.74) is 13.1. The second-order valence-electron chi connectivity index (χ2n) is 3.20. The van der Waals surface area contributed by atoms with E-state index in [0.717, 1.165) is 11.3 Å². The molecule has 0 unspecified atom stereocenters. The van der Waals surface area contributed by atoms with Crippen LogP contribution in [0.25, 0.3) is 0 Å².